The zero-order valence-corrected chi connectivity index (χ0v) is 10.7. The number of rotatable bonds is 4. The van der Waals surface area contributed by atoms with Crippen molar-refractivity contribution in [3.8, 4) is 0 Å². The van der Waals surface area contributed by atoms with E-state index < -0.39 is 5.82 Å². The first-order valence-corrected chi connectivity index (χ1v) is 5.93. The zero-order valence-electron chi connectivity index (χ0n) is 9.91. The molecule has 0 atom stereocenters. The molecule has 0 saturated heterocycles. The minimum absolute atomic E-state index is 0.122. The van der Waals surface area contributed by atoms with E-state index in [2.05, 4.69) is 15.5 Å². The molecule has 0 aliphatic rings. The SMILES string of the molecule is Nc1[nH]ncc1CNC(=O)Cc1c(F)cccc1Cl. The lowest BCUT2D eigenvalue weighted by Gasteiger charge is -2.07. The van der Waals surface area contributed by atoms with Crippen LogP contribution in [-0.4, -0.2) is 16.1 Å². The lowest BCUT2D eigenvalue weighted by atomic mass is 10.1. The molecule has 1 aromatic carbocycles. The van der Waals surface area contributed by atoms with E-state index in [1.165, 1.54) is 18.3 Å². The molecule has 100 valence electrons. The number of halogens is 2. The highest BCUT2D eigenvalue weighted by Crippen LogP contribution is 2.19. The van der Waals surface area contributed by atoms with Crippen LogP contribution >= 0.6 is 11.6 Å². The molecular weight excluding hydrogens is 271 g/mol. The van der Waals surface area contributed by atoms with E-state index >= 15 is 0 Å². The van der Waals surface area contributed by atoms with E-state index in [0.29, 0.717) is 11.4 Å². The number of amides is 1. The Kier molecular flexibility index (Phi) is 4.01. The number of nitrogens with one attached hydrogen (secondary N) is 2. The van der Waals surface area contributed by atoms with Crippen LogP contribution < -0.4 is 11.1 Å². The van der Waals surface area contributed by atoms with Gasteiger partial charge < -0.3 is 11.1 Å². The van der Waals surface area contributed by atoms with Crippen molar-refractivity contribution in [3.05, 3.63) is 46.4 Å². The predicted octanol–water partition coefficient (Wildman–Crippen LogP) is 1.64. The Bertz CT molecular complexity index is 579. The van der Waals surface area contributed by atoms with Gasteiger partial charge in [0, 0.05) is 22.7 Å². The van der Waals surface area contributed by atoms with Crippen LogP contribution in [0.3, 0.4) is 0 Å². The number of nitrogens with two attached hydrogens (primary N) is 1. The van der Waals surface area contributed by atoms with E-state index in [1.807, 2.05) is 0 Å². The normalized spacial score (nSPS) is 10.4. The average Bonchev–Trinajstić information content (AvgIpc) is 2.77. The topological polar surface area (TPSA) is 83.8 Å². The van der Waals surface area contributed by atoms with E-state index in [4.69, 9.17) is 17.3 Å². The molecule has 5 nitrogen and oxygen atoms in total. The molecule has 0 aliphatic heterocycles. The molecule has 1 heterocycles. The highest BCUT2D eigenvalue weighted by atomic mass is 35.5. The summed E-state index contributed by atoms with van der Waals surface area (Å²) in [7, 11) is 0. The third kappa shape index (κ3) is 3.23. The van der Waals surface area contributed by atoms with Crippen LogP contribution in [0.1, 0.15) is 11.1 Å². The van der Waals surface area contributed by atoms with Crippen LogP contribution in [0, 0.1) is 5.82 Å². The molecule has 0 fully saturated rings. The number of H-pyrrole nitrogens is 1. The predicted molar refractivity (Wildman–Crippen MR) is 70.0 cm³/mol. The number of nitrogens with zero attached hydrogens (tertiary/aromatic N) is 1. The fourth-order valence-electron chi connectivity index (χ4n) is 1.58. The second-order valence-electron chi connectivity index (χ2n) is 3.96. The molecule has 0 spiro atoms. The Balaban J connectivity index is 1.97. The Morgan fingerprint density at radius 2 is 2.32 bits per heavy atom. The maximum absolute atomic E-state index is 13.5. The summed E-state index contributed by atoms with van der Waals surface area (Å²) < 4.78 is 13.5. The third-order valence-corrected chi connectivity index (χ3v) is 2.98. The van der Waals surface area contributed by atoms with E-state index in [1.54, 1.807) is 6.07 Å². The highest BCUT2D eigenvalue weighted by molar-refractivity contribution is 6.31. The van der Waals surface area contributed by atoms with Crippen molar-refractivity contribution in [1.82, 2.24) is 15.5 Å². The second kappa shape index (κ2) is 5.71. The maximum Gasteiger partial charge on any atom is 0.224 e. The molecule has 0 unspecified atom stereocenters. The smallest absolute Gasteiger partial charge is 0.224 e. The van der Waals surface area contributed by atoms with Gasteiger partial charge in [0.05, 0.1) is 12.6 Å². The number of carbonyl (C=O) groups is 1. The number of benzene rings is 1. The summed E-state index contributed by atoms with van der Waals surface area (Å²) in [6.45, 7) is 0.229. The molecule has 7 heteroatoms. The fraction of sp³-hybridized carbons (Fsp3) is 0.167. The van der Waals surface area contributed by atoms with Crippen LogP contribution in [0.2, 0.25) is 5.02 Å². The number of aromatic nitrogens is 2. The first-order chi connectivity index (χ1) is 9.08. The summed E-state index contributed by atoms with van der Waals surface area (Å²) in [6, 6.07) is 4.30. The Labute approximate surface area is 114 Å². The molecule has 2 aromatic rings. The number of carbonyl (C=O) groups excluding carboxylic acids is 1. The molecule has 0 aliphatic carbocycles. The van der Waals surface area contributed by atoms with Crippen LogP contribution in [0.4, 0.5) is 10.2 Å². The van der Waals surface area contributed by atoms with Crippen molar-refractivity contribution < 1.29 is 9.18 Å². The van der Waals surface area contributed by atoms with Crippen LogP contribution in [-0.2, 0) is 17.8 Å². The van der Waals surface area contributed by atoms with Gasteiger partial charge in [0.1, 0.15) is 11.6 Å². The molecule has 19 heavy (non-hydrogen) atoms. The lowest BCUT2D eigenvalue weighted by molar-refractivity contribution is -0.120. The Morgan fingerprint density at radius 1 is 1.53 bits per heavy atom. The van der Waals surface area contributed by atoms with Gasteiger partial charge >= 0.3 is 0 Å². The first-order valence-electron chi connectivity index (χ1n) is 5.55. The molecule has 1 amide bonds. The monoisotopic (exact) mass is 282 g/mol. The summed E-state index contributed by atoms with van der Waals surface area (Å²) in [5, 5.41) is 9.14. The zero-order chi connectivity index (χ0) is 13.8. The fourth-order valence-corrected chi connectivity index (χ4v) is 1.81. The number of hydrogen-bond acceptors (Lipinski definition) is 3. The van der Waals surface area contributed by atoms with Gasteiger partial charge in [0.15, 0.2) is 0 Å². The Hall–Kier alpha value is -2.08. The van der Waals surface area contributed by atoms with Crippen molar-refractivity contribution in [3.63, 3.8) is 0 Å². The Morgan fingerprint density at radius 3 is 2.95 bits per heavy atom. The number of hydrogen-bond donors (Lipinski definition) is 3. The van der Waals surface area contributed by atoms with Gasteiger partial charge in [-0.15, -0.1) is 0 Å². The van der Waals surface area contributed by atoms with Gasteiger partial charge in [-0.05, 0) is 12.1 Å². The lowest BCUT2D eigenvalue weighted by Crippen LogP contribution is -2.25. The number of anilines is 1. The highest BCUT2D eigenvalue weighted by Gasteiger charge is 2.12. The summed E-state index contributed by atoms with van der Waals surface area (Å²) in [5.74, 6) is -0.442. The number of aromatic amines is 1. The van der Waals surface area contributed by atoms with Crippen molar-refractivity contribution >= 4 is 23.3 Å². The molecule has 1 aromatic heterocycles. The largest absolute Gasteiger partial charge is 0.384 e. The summed E-state index contributed by atoms with van der Waals surface area (Å²) in [5.41, 5.74) is 6.43. The molecular formula is C12H12ClFN4O. The van der Waals surface area contributed by atoms with Crippen molar-refractivity contribution in [2.75, 3.05) is 5.73 Å². The van der Waals surface area contributed by atoms with Gasteiger partial charge in [0.25, 0.3) is 0 Å². The second-order valence-corrected chi connectivity index (χ2v) is 4.37. The van der Waals surface area contributed by atoms with Crippen LogP contribution in [0.5, 0.6) is 0 Å². The molecule has 0 bridgehead atoms. The van der Waals surface area contributed by atoms with Gasteiger partial charge in [-0.2, -0.15) is 5.10 Å². The minimum atomic E-state index is -0.495. The van der Waals surface area contributed by atoms with Crippen LogP contribution in [0.25, 0.3) is 0 Å². The van der Waals surface area contributed by atoms with Gasteiger partial charge in [-0.3, -0.25) is 9.89 Å². The van der Waals surface area contributed by atoms with Gasteiger partial charge in [0.2, 0.25) is 5.91 Å². The quantitative estimate of drug-likeness (QED) is 0.797. The van der Waals surface area contributed by atoms with Crippen molar-refractivity contribution in [2.45, 2.75) is 13.0 Å². The van der Waals surface area contributed by atoms with E-state index in [-0.39, 0.29) is 29.5 Å². The average molecular weight is 283 g/mol. The van der Waals surface area contributed by atoms with Gasteiger partial charge in [-0.1, -0.05) is 17.7 Å². The van der Waals surface area contributed by atoms with Gasteiger partial charge in [-0.25, -0.2) is 4.39 Å². The summed E-state index contributed by atoms with van der Waals surface area (Å²) in [6.07, 6.45) is 1.40. The van der Waals surface area contributed by atoms with Crippen molar-refractivity contribution in [2.24, 2.45) is 0 Å². The van der Waals surface area contributed by atoms with Crippen LogP contribution in [0.15, 0.2) is 24.4 Å². The molecule has 4 N–H and O–H groups in total. The summed E-state index contributed by atoms with van der Waals surface area (Å²) in [4.78, 5) is 11.7. The maximum atomic E-state index is 13.5. The minimum Gasteiger partial charge on any atom is -0.384 e. The van der Waals surface area contributed by atoms with E-state index in [9.17, 15) is 9.18 Å². The van der Waals surface area contributed by atoms with Crippen molar-refractivity contribution in [1.29, 1.82) is 0 Å². The number of nitrogen functional groups attached to an aromatic ring is 1. The summed E-state index contributed by atoms with van der Waals surface area (Å²) >= 11 is 5.84. The molecule has 0 saturated carbocycles. The third-order valence-electron chi connectivity index (χ3n) is 2.63. The molecule has 0 radical (unpaired) electrons. The standard InChI is InChI=1S/C12H12ClFN4O/c13-9-2-1-3-10(14)8(9)4-11(19)16-5-7-6-17-18-12(7)15/h1-3,6H,4-5H2,(H,16,19)(H3,15,17,18). The first kappa shape index (κ1) is 13.4. The molecule has 2 rings (SSSR count). The van der Waals surface area contributed by atoms with E-state index in [0.717, 1.165) is 0 Å².